The Hall–Kier alpha value is -1.91. The van der Waals surface area contributed by atoms with Gasteiger partial charge in [0.25, 0.3) is 5.69 Å². The summed E-state index contributed by atoms with van der Waals surface area (Å²) in [6.45, 7) is 1.63. The quantitative estimate of drug-likeness (QED) is 0.321. The first-order valence-electron chi connectivity index (χ1n) is 3.65. The number of nitrogens with zero attached hydrogens (tertiary/aromatic N) is 2. The summed E-state index contributed by atoms with van der Waals surface area (Å²) in [4.78, 5) is 10.1. The van der Waals surface area contributed by atoms with Crippen LogP contribution in [0.25, 0.3) is 0 Å². The van der Waals surface area contributed by atoms with Crippen molar-refractivity contribution in [2.75, 3.05) is 0 Å². The highest BCUT2D eigenvalue weighted by Gasteiger charge is 2.13. The summed E-state index contributed by atoms with van der Waals surface area (Å²) in [5.74, 6) is 5.04. The summed E-state index contributed by atoms with van der Waals surface area (Å²) in [6.07, 6.45) is 0. The molecule has 5 heteroatoms. The van der Waals surface area contributed by atoms with Gasteiger partial charge >= 0.3 is 0 Å². The molecule has 1 aromatic rings. The van der Waals surface area contributed by atoms with E-state index in [-0.39, 0.29) is 5.69 Å². The molecule has 0 radical (unpaired) electrons. The minimum atomic E-state index is -0.454. The molecule has 0 amide bonds. The van der Waals surface area contributed by atoms with Gasteiger partial charge in [-0.15, -0.1) is 0 Å². The number of hydrogen-bond acceptors (Lipinski definition) is 4. The summed E-state index contributed by atoms with van der Waals surface area (Å²) in [5, 5.41) is 14.0. The maximum atomic E-state index is 10.6. The van der Waals surface area contributed by atoms with Gasteiger partial charge in [-0.3, -0.25) is 10.1 Å². The molecule has 0 spiro atoms. The van der Waals surface area contributed by atoms with Gasteiger partial charge in [-0.25, -0.2) is 0 Å². The van der Waals surface area contributed by atoms with E-state index in [9.17, 15) is 10.1 Å². The van der Waals surface area contributed by atoms with E-state index in [2.05, 4.69) is 5.10 Å². The Morgan fingerprint density at radius 1 is 1.54 bits per heavy atom. The van der Waals surface area contributed by atoms with Crippen LogP contribution in [0.1, 0.15) is 12.5 Å². The summed E-state index contributed by atoms with van der Waals surface area (Å²) in [7, 11) is 0. The van der Waals surface area contributed by atoms with E-state index in [4.69, 9.17) is 5.84 Å². The molecule has 0 heterocycles. The van der Waals surface area contributed by atoms with Crippen molar-refractivity contribution in [3.63, 3.8) is 0 Å². The van der Waals surface area contributed by atoms with Gasteiger partial charge in [-0.1, -0.05) is 12.1 Å². The Balaban J connectivity index is 3.28. The molecule has 0 unspecified atom stereocenters. The lowest BCUT2D eigenvalue weighted by Crippen LogP contribution is -2.03. The van der Waals surface area contributed by atoms with E-state index >= 15 is 0 Å². The normalized spacial score (nSPS) is 11.3. The number of hydrogen-bond donors (Lipinski definition) is 1. The fourth-order valence-corrected chi connectivity index (χ4v) is 1.01. The van der Waals surface area contributed by atoms with Gasteiger partial charge in [0.1, 0.15) is 0 Å². The minimum absolute atomic E-state index is 0.0224. The molecule has 1 rings (SSSR count). The maximum Gasteiger partial charge on any atom is 0.278 e. The second-order valence-corrected chi connectivity index (χ2v) is 2.49. The van der Waals surface area contributed by atoms with Crippen molar-refractivity contribution in [1.82, 2.24) is 0 Å². The van der Waals surface area contributed by atoms with Crippen LogP contribution in [0.2, 0.25) is 0 Å². The monoisotopic (exact) mass is 179 g/mol. The Kier molecular flexibility index (Phi) is 2.59. The number of benzene rings is 1. The van der Waals surface area contributed by atoms with Crippen LogP contribution >= 0.6 is 0 Å². The van der Waals surface area contributed by atoms with E-state index in [1.807, 2.05) is 0 Å². The SMILES string of the molecule is C/C(=N\N)c1ccccc1[N+](=O)[O-]. The van der Waals surface area contributed by atoms with Crippen molar-refractivity contribution >= 4 is 11.4 Å². The number of para-hydroxylation sites is 1. The Morgan fingerprint density at radius 3 is 2.69 bits per heavy atom. The third-order valence-electron chi connectivity index (χ3n) is 1.68. The zero-order chi connectivity index (χ0) is 9.84. The van der Waals surface area contributed by atoms with Gasteiger partial charge in [0, 0.05) is 6.07 Å². The molecule has 68 valence electrons. The Labute approximate surface area is 75.0 Å². The summed E-state index contributed by atoms with van der Waals surface area (Å²) in [6, 6.07) is 6.34. The molecule has 0 bridgehead atoms. The van der Waals surface area contributed by atoms with Gasteiger partial charge in [-0.05, 0) is 13.0 Å². The number of rotatable bonds is 2. The second-order valence-electron chi connectivity index (χ2n) is 2.49. The van der Waals surface area contributed by atoms with Crippen molar-refractivity contribution in [2.24, 2.45) is 10.9 Å². The third-order valence-corrected chi connectivity index (χ3v) is 1.68. The lowest BCUT2D eigenvalue weighted by atomic mass is 10.1. The molecule has 13 heavy (non-hydrogen) atoms. The van der Waals surface area contributed by atoms with Crippen LogP contribution < -0.4 is 5.84 Å². The molecule has 0 aliphatic heterocycles. The van der Waals surface area contributed by atoms with Gasteiger partial charge in [0.05, 0.1) is 16.2 Å². The van der Waals surface area contributed by atoms with Crippen LogP contribution in [0, 0.1) is 10.1 Å². The lowest BCUT2D eigenvalue weighted by Gasteiger charge is -1.99. The van der Waals surface area contributed by atoms with E-state index in [1.54, 1.807) is 25.1 Å². The van der Waals surface area contributed by atoms with Gasteiger partial charge < -0.3 is 5.84 Å². The maximum absolute atomic E-state index is 10.6. The molecule has 5 nitrogen and oxygen atoms in total. The standard InChI is InChI=1S/C8H9N3O2/c1-6(10-9)7-4-2-3-5-8(7)11(12)13/h2-5H,9H2,1H3/b10-6+. The molecule has 0 aromatic heterocycles. The Morgan fingerprint density at radius 2 is 2.15 bits per heavy atom. The molecular weight excluding hydrogens is 170 g/mol. The number of hydrazone groups is 1. The molecule has 0 fully saturated rings. The zero-order valence-electron chi connectivity index (χ0n) is 7.10. The smallest absolute Gasteiger partial charge is 0.278 e. The van der Waals surface area contributed by atoms with Gasteiger partial charge in [-0.2, -0.15) is 5.10 Å². The lowest BCUT2D eigenvalue weighted by molar-refractivity contribution is -0.385. The van der Waals surface area contributed by atoms with Crippen LogP contribution in [-0.4, -0.2) is 10.6 Å². The Bertz CT molecular complexity index is 360. The molecule has 2 N–H and O–H groups in total. The van der Waals surface area contributed by atoms with Crippen LogP contribution in [-0.2, 0) is 0 Å². The van der Waals surface area contributed by atoms with E-state index < -0.39 is 4.92 Å². The average Bonchev–Trinajstić information content (AvgIpc) is 2.16. The molecule has 0 aliphatic rings. The molecule has 0 atom stereocenters. The first-order chi connectivity index (χ1) is 6.16. The van der Waals surface area contributed by atoms with Crippen molar-refractivity contribution < 1.29 is 4.92 Å². The van der Waals surface area contributed by atoms with Crippen LogP contribution in [0.4, 0.5) is 5.69 Å². The predicted molar refractivity (Wildman–Crippen MR) is 49.5 cm³/mol. The largest absolute Gasteiger partial charge is 0.323 e. The molecule has 0 saturated carbocycles. The van der Waals surface area contributed by atoms with E-state index in [1.165, 1.54) is 6.07 Å². The van der Waals surface area contributed by atoms with Crippen molar-refractivity contribution in [1.29, 1.82) is 0 Å². The summed E-state index contributed by atoms with van der Waals surface area (Å²) < 4.78 is 0. The topological polar surface area (TPSA) is 81.5 Å². The highest BCUT2D eigenvalue weighted by Crippen LogP contribution is 2.17. The first-order valence-corrected chi connectivity index (χ1v) is 3.65. The molecule has 0 aliphatic carbocycles. The van der Waals surface area contributed by atoms with Crippen LogP contribution in [0.15, 0.2) is 29.4 Å². The van der Waals surface area contributed by atoms with Gasteiger partial charge in [0.2, 0.25) is 0 Å². The number of nitro benzene ring substituents is 1. The van der Waals surface area contributed by atoms with Crippen LogP contribution in [0.3, 0.4) is 0 Å². The highest BCUT2D eigenvalue weighted by atomic mass is 16.6. The van der Waals surface area contributed by atoms with Crippen LogP contribution in [0.5, 0.6) is 0 Å². The highest BCUT2D eigenvalue weighted by molar-refractivity contribution is 6.01. The minimum Gasteiger partial charge on any atom is -0.323 e. The number of nitrogens with two attached hydrogens (primary N) is 1. The molecule has 0 saturated heterocycles. The number of nitro groups is 1. The van der Waals surface area contributed by atoms with E-state index in [0.717, 1.165) is 0 Å². The third kappa shape index (κ3) is 1.81. The molecule has 1 aromatic carbocycles. The second kappa shape index (κ2) is 3.66. The first kappa shape index (κ1) is 9.18. The zero-order valence-corrected chi connectivity index (χ0v) is 7.10. The van der Waals surface area contributed by atoms with Crippen molar-refractivity contribution in [2.45, 2.75) is 6.92 Å². The summed E-state index contributed by atoms with van der Waals surface area (Å²) in [5.41, 5.74) is 0.927. The average molecular weight is 179 g/mol. The van der Waals surface area contributed by atoms with Crippen molar-refractivity contribution in [3.05, 3.63) is 39.9 Å². The van der Waals surface area contributed by atoms with E-state index in [0.29, 0.717) is 11.3 Å². The van der Waals surface area contributed by atoms with Crippen molar-refractivity contribution in [3.8, 4) is 0 Å². The predicted octanol–water partition coefficient (Wildman–Crippen LogP) is 1.28. The fourth-order valence-electron chi connectivity index (χ4n) is 1.01. The summed E-state index contributed by atoms with van der Waals surface area (Å²) >= 11 is 0. The fraction of sp³-hybridized carbons (Fsp3) is 0.125. The molecular formula is C8H9N3O2. The van der Waals surface area contributed by atoms with Gasteiger partial charge in [0.15, 0.2) is 0 Å².